The number of rotatable bonds is 39. The first-order valence-electron chi connectivity index (χ1n) is 21.4. The first-order valence-corrected chi connectivity index (χ1v) is 22.9. The molecule has 0 radical (unpaired) electrons. The molecule has 57 heavy (non-hydrogen) atoms. The first-order chi connectivity index (χ1) is 27.5. The van der Waals surface area contributed by atoms with Crippen LogP contribution < -0.4 is 5.73 Å². The van der Waals surface area contributed by atoms with Crippen molar-refractivity contribution in [2.24, 2.45) is 5.73 Å². The van der Waals surface area contributed by atoms with E-state index < -0.39 is 63.8 Å². The van der Waals surface area contributed by atoms with E-state index in [1.807, 2.05) is 36.5 Å². The van der Waals surface area contributed by atoms with Crippen LogP contribution in [0, 0.1) is 0 Å². The number of aliphatic hydroxyl groups is 1. The van der Waals surface area contributed by atoms with E-state index in [0.717, 1.165) is 70.6 Å². The topological polar surface area (TPSA) is 192 Å². The molecule has 0 aromatic heterocycles. The minimum Gasteiger partial charge on any atom is -0.480 e. The number of allylic oxidation sites excluding steroid dienone is 9. The van der Waals surface area contributed by atoms with Crippen molar-refractivity contribution in [2.45, 2.75) is 180 Å². The van der Waals surface area contributed by atoms with Crippen molar-refractivity contribution in [3.63, 3.8) is 0 Å². The minimum atomic E-state index is -4.74. The van der Waals surface area contributed by atoms with Gasteiger partial charge in [0.05, 0.1) is 19.3 Å². The maximum absolute atomic E-state index is 12.6. The van der Waals surface area contributed by atoms with Crippen molar-refractivity contribution in [3.05, 3.63) is 60.8 Å². The smallest absolute Gasteiger partial charge is 0.472 e. The van der Waals surface area contributed by atoms with E-state index >= 15 is 0 Å². The number of aliphatic hydroxyl groups excluding tert-OH is 1. The number of esters is 2. The molecule has 0 bridgehead atoms. The third-order valence-corrected chi connectivity index (χ3v) is 9.79. The second-order valence-electron chi connectivity index (χ2n) is 14.3. The van der Waals surface area contributed by atoms with Gasteiger partial charge in [0.1, 0.15) is 12.6 Å². The Bertz CT molecular complexity index is 1220. The van der Waals surface area contributed by atoms with Gasteiger partial charge >= 0.3 is 25.7 Å². The zero-order valence-corrected chi connectivity index (χ0v) is 35.9. The van der Waals surface area contributed by atoms with Crippen LogP contribution in [0.3, 0.4) is 0 Å². The molecular weight excluding hydrogens is 749 g/mol. The largest absolute Gasteiger partial charge is 0.480 e. The first kappa shape index (κ1) is 54.1. The van der Waals surface area contributed by atoms with Crippen molar-refractivity contribution < 1.29 is 52.6 Å². The van der Waals surface area contributed by atoms with Gasteiger partial charge in [0.2, 0.25) is 0 Å². The molecule has 328 valence electrons. The zero-order valence-electron chi connectivity index (χ0n) is 35.0. The average Bonchev–Trinajstić information content (AvgIpc) is 3.18. The van der Waals surface area contributed by atoms with Crippen molar-refractivity contribution in [3.8, 4) is 0 Å². The average molecular weight is 826 g/mol. The van der Waals surface area contributed by atoms with Gasteiger partial charge in [-0.3, -0.25) is 23.4 Å². The predicted molar refractivity (Wildman–Crippen MR) is 227 cm³/mol. The molecule has 0 fully saturated rings. The fourth-order valence-corrected chi connectivity index (χ4v) is 6.17. The second-order valence-corrected chi connectivity index (χ2v) is 15.8. The standard InChI is InChI=1S/C44H76NO11P/c1-3-5-7-8-9-10-11-12-13-14-17-21-24-27-31-35-43(48)56-40(37-54-57(51,52)55-38-41(45)44(49)50)36-53-42(47)34-30-26-23-20-18-15-16-19-22-25-29-33-39(46)32-28-6-4-2/h10-11,15-16,20,22-23,25,29,33,39-41,46H,3-9,12-14,17-19,21,24,26-28,30-32,34-38,45H2,1-2H3,(H,49,50)(H,51,52)/b11-10-,16-15-,23-20-,25-22-,33-29+/t39-,40-,41+/m1/s1. The molecule has 0 aromatic carbocycles. The number of carboxylic acid groups (broad SMARTS) is 1. The lowest BCUT2D eigenvalue weighted by Gasteiger charge is -2.20. The molecule has 0 heterocycles. The number of unbranched alkanes of at least 4 members (excludes halogenated alkanes) is 14. The molecular formula is C44H76NO11P. The van der Waals surface area contributed by atoms with Crippen molar-refractivity contribution in [2.75, 3.05) is 19.8 Å². The summed E-state index contributed by atoms with van der Waals surface area (Å²) in [5, 5.41) is 18.8. The number of carbonyl (C=O) groups excluding carboxylic acids is 2. The highest BCUT2D eigenvalue weighted by molar-refractivity contribution is 7.47. The predicted octanol–water partition coefficient (Wildman–Crippen LogP) is 10.1. The molecule has 0 spiro atoms. The van der Waals surface area contributed by atoms with E-state index in [9.17, 15) is 28.9 Å². The molecule has 0 rings (SSSR count). The zero-order chi connectivity index (χ0) is 42.2. The van der Waals surface area contributed by atoms with Gasteiger partial charge in [-0.05, 0) is 64.2 Å². The summed E-state index contributed by atoms with van der Waals surface area (Å²) in [6.07, 6.45) is 40.4. The molecule has 12 nitrogen and oxygen atoms in total. The number of phosphoric acid groups is 1. The van der Waals surface area contributed by atoms with E-state index in [1.54, 1.807) is 0 Å². The van der Waals surface area contributed by atoms with Crippen LogP contribution in [0.4, 0.5) is 0 Å². The minimum absolute atomic E-state index is 0.123. The Morgan fingerprint density at radius 2 is 1.16 bits per heavy atom. The van der Waals surface area contributed by atoms with Crippen LogP contribution >= 0.6 is 7.82 Å². The molecule has 0 aliphatic rings. The quantitative estimate of drug-likeness (QED) is 0.0151. The van der Waals surface area contributed by atoms with E-state index in [4.69, 9.17) is 24.8 Å². The summed E-state index contributed by atoms with van der Waals surface area (Å²) in [6.45, 7) is 2.58. The number of carbonyl (C=O) groups is 3. The third kappa shape index (κ3) is 38.4. The van der Waals surface area contributed by atoms with Gasteiger partial charge in [-0.1, -0.05) is 145 Å². The van der Waals surface area contributed by atoms with Gasteiger partial charge in [0, 0.05) is 12.8 Å². The van der Waals surface area contributed by atoms with Crippen molar-refractivity contribution in [1.29, 1.82) is 0 Å². The Hall–Kier alpha value is -2.86. The summed E-state index contributed by atoms with van der Waals surface area (Å²) < 4.78 is 32.6. The molecule has 5 N–H and O–H groups in total. The number of aliphatic carboxylic acids is 1. The number of hydrogen-bond acceptors (Lipinski definition) is 10. The van der Waals surface area contributed by atoms with Crippen LogP contribution in [0.15, 0.2) is 60.8 Å². The second kappa shape index (κ2) is 38.6. The Morgan fingerprint density at radius 3 is 1.82 bits per heavy atom. The molecule has 4 atom stereocenters. The highest BCUT2D eigenvalue weighted by Crippen LogP contribution is 2.43. The Morgan fingerprint density at radius 1 is 0.632 bits per heavy atom. The van der Waals surface area contributed by atoms with Crippen molar-refractivity contribution in [1.82, 2.24) is 0 Å². The molecule has 0 aliphatic heterocycles. The summed E-state index contributed by atoms with van der Waals surface area (Å²) in [6, 6.07) is -1.54. The van der Waals surface area contributed by atoms with Gasteiger partial charge in [-0.2, -0.15) is 0 Å². The fourth-order valence-electron chi connectivity index (χ4n) is 5.40. The van der Waals surface area contributed by atoms with Crippen molar-refractivity contribution >= 4 is 25.7 Å². The van der Waals surface area contributed by atoms with Crippen LogP contribution in [0.5, 0.6) is 0 Å². The number of ether oxygens (including phenoxy) is 2. The van der Waals surface area contributed by atoms with E-state index in [0.29, 0.717) is 19.3 Å². The molecule has 0 aliphatic carbocycles. The third-order valence-electron chi connectivity index (χ3n) is 8.84. The maximum atomic E-state index is 12.6. The Kier molecular flexibility index (Phi) is 36.7. The Labute approximate surface area is 343 Å². The Balaban J connectivity index is 4.52. The monoisotopic (exact) mass is 826 g/mol. The number of phosphoric ester groups is 1. The summed E-state index contributed by atoms with van der Waals surface area (Å²) in [5.74, 6) is -2.49. The lowest BCUT2D eigenvalue weighted by atomic mass is 10.1. The lowest BCUT2D eigenvalue weighted by Crippen LogP contribution is -2.34. The summed E-state index contributed by atoms with van der Waals surface area (Å²) >= 11 is 0. The van der Waals surface area contributed by atoms with Crippen LogP contribution in [0.2, 0.25) is 0 Å². The van der Waals surface area contributed by atoms with E-state index in [-0.39, 0.29) is 12.8 Å². The molecule has 13 heteroatoms. The van der Waals surface area contributed by atoms with Crippen LogP contribution in [0.1, 0.15) is 162 Å². The van der Waals surface area contributed by atoms with Crippen LogP contribution in [-0.4, -0.2) is 71.1 Å². The van der Waals surface area contributed by atoms with E-state index in [1.165, 1.54) is 44.9 Å². The van der Waals surface area contributed by atoms with Gasteiger partial charge in [-0.15, -0.1) is 0 Å². The summed E-state index contributed by atoms with van der Waals surface area (Å²) in [5.41, 5.74) is 5.32. The summed E-state index contributed by atoms with van der Waals surface area (Å²) in [7, 11) is -4.74. The number of carboxylic acids is 1. The highest BCUT2D eigenvalue weighted by atomic mass is 31.2. The van der Waals surface area contributed by atoms with Gasteiger partial charge in [-0.25, -0.2) is 4.57 Å². The molecule has 0 amide bonds. The van der Waals surface area contributed by atoms with E-state index in [2.05, 4.69) is 42.7 Å². The normalized spacial score (nSPS) is 14.9. The molecule has 0 aromatic rings. The molecule has 0 saturated heterocycles. The number of nitrogens with two attached hydrogens (primary N) is 1. The van der Waals surface area contributed by atoms with Gasteiger partial charge in [0.25, 0.3) is 0 Å². The summed E-state index contributed by atoms with van der Waals surface area (Å²) in [4.78, 5) is 45.9. The van der Waals surface area contributed by atoms with Gasteiger partial charge in [0.15, 0.2) is 6.10 Å². The molecule has 1 unspecified atom stereocenters. The molecule has 0 saturated carbocycles. The highest BCUT2D eigenvalue weighted by Gasteiger charge is 2.28. The number of hydrogen-bond donors (Lipinski definition) is 4. The van der Waals surface area contributed by atoms with Gasteiger partial charge < -0.3 is 30.3 Å². The lowest BCUT2D eigenvalue weighted by molar-refractivity contribution is -0.161. The van der Waals surface area contributed by atoms with Crippen LogP contribution in [-0.2, 0) is 37.5 Å². The maximum Gasteiger partial charge on any atom is 0.472 e. The SMILES string of the molecule is CCCCCC/C=C\CCCCCCCCCC(=O)O[C@H](COC(=O)CCC/C=C\C/C=C\C/C=C\C=C\[C@H](O)CCCCC)COP(=O)(O)OC[C@H](N)C(=O)O. The fraction of sp³-hybridized carbons (Fsp3) is 0.705. The van der Waals surface area contributed by atoms with Crippen LogP contribution in [0.25, 0.3) is 0 Å².